The van der Waals surface area contributed by atoms with Crippen molar-refractivity contribution in [3.05, 3.63) is 69.3 Å². The molecule has 1 saturated heterocycles. The maximum absolute atomic E-state index is 12.8. The number of hydrogen-bond acceptors (Lipinski definition) is 5. The van der Waals surface area contributed by atoms with Crippen LogP contribution in [0.1, 0.15) is 0 Å². The molecule has 0 saturated carbocycles. The van der Waals surface area contributed by atoms with Gasteiger partial charge in [-0.05, 0) is 71.1 Å². The van der Waals surface area contributed by atoms with Gasteiger partial charge in [-0.25, -0.2) is 8.42 Å². The van der Waals surface area contributed by atoms with E-state index in [4.69, 9.17) is 11.6 Å². The molecule has 29 heavy (non-hydrogen) atoms. The summed E-state index contributed by atoms with van der Waals surface area (Å²) in [6, 6.07) is 18.2. The molecule has 0 N–H and O–H groups in total. The van der Waals surface area contributed by atoms with Gasteiger partial charge in [-0.2, -0.15) is 4.31 Å². The first-order valence-electron chi connectivity index (χ1n) is 9.04. The second-order valence-electron chi connectivity index (χ2n) is 6.63. The zero-order valence-electron chi connectivity index (χ0n) is 15.4. The van der Waals surface area contributed by atoms with Crippen molar-refractivity contribution >= 4 is 50.0 Å². The van der Waals surface area contributed by atoms with Gasteiger partial charge in [0.15, 0.2) is 5.82 Å². The fraction of sp³-hybridized carbons (Fsp3) is 0.200. The number of hydrogen-bond donors (Lipinski definition) is 0. The molecule has 0 bridgehead atoms. The average Bonchev–Trinajstić information content (AvgIpc) is 2.75. The Kier molecular flexibility index (Phi) is 6.05. The van der Waals surface area contributed by atoms with Gasteiger partial charge in [-0.3, -0.25) is 0 Å². The molecular weight excluding hydrogens is 523 g/mol. The fourth-order valence-corrected chi connectivity index (χ4v) is 5.09. The third-order valence-electron chi connectivity index (χ3n) is 4.80. The minimum Gasteiger partial charge on any atom is -0.352 e. The van der Waals surface area contributed by atoms with Crippen LogP contribution in [0, 0.1) is 3.57 Å². The highest BCUT2D eigenvalue weighted by atomic mass is 127. The molecule has 0 atom stereocenters. The van der Waals surface area contributed by atoms with Gasteiger partial charge >= 0.3 is 0 Å². The minimum absolute atomic E-state index is 0.332. The number of aromatic nitrogens is 2. The van der Waals surface area contributed by atoms with E-state index in [0.29, 0.717) is 36.1 Å². The molecule has 1 aliphatic heterocycles. The maximum Gasteiger partial charge on any atom is 0.243 e. The lowest BCUT2D eigenvalue weighted by atomic mass is 10.1. The van der Waals surface area contributed by atoms with E-state index in [-0.39, 0.29) is 0 Å². The molecule has 3 aromatic rings. The lowest BCUT2D eigenvalue weighted by Gasteiger charge is -2.34. The fourth-order valence-electron chi connectivity index (χ4n) is 3.18. The van der Waals surface area contributed by atoms with E-state index in [1.54, 1.807) is 12.1 Å². The molecular formula is C20H18ClIN4O2S. The summed E-state index contributed by atoms with van der Waals surface area (Å²) in [6.45, 7) is 1.96. The number of nitrogens with zero attached hydrogens (tertiary/aromatic N) is 4. The quantitative estimate of drug-likeness (QED) is 0.470. The SMILES string of the molecule is O=S(=O)(c1ccc(I)cc1)N1CCN(c2ccc(-c3ccc(Cl)cc3)nn2)CC1. The van der Waals surface area contributed by atoms with Crippen molar-refractivity contribution in [2.24, 2.45) is 0 Å². The largest absolute Gasteiger partial charge is 0.352 e. The van der Waals surface area contributed by atoms with E-state index in [1.165, 1.54) is 4.31 Å². The van der Waals surface area contributed by atoms with E-state index in [1.807, 2.05) is 48.5 Å². The zero-order valence-corrected chi connectivity index (χ0v) is 19.1. The van der Waals surface area contributed by atoms with Crippen LogP contribution in [0.5, 0.6) is 0 Å². The van der Waals surface area contributed by atoms with Crippen LogP contribution < -0.4 is 4.90 Å². The zero-order chi connectivity index (χ0) is 20.4. The van der Waals surface area contributed by atoms with Gasteiger partial charge in [0.25, 0.3) is 0 Å². The average molecular weight is 541 g/mol. The van der Waals surface area contributed by atoms with Crippen LogP contribution in [0.15, 0.2) is 65.6 Å². The van der Waals surface area contributed by atoms with Crippen LogP contribution in [-0.2, 0) is 10.0 Å². The summed E-state index contributed by atoms with van der Waals surface area (Å²) in [4.78, 5) is 2.39. The van der Waals surface area contributed by atoms with Crippen LogP contribution in [0.2, 0.25) is 5.02 Å². The molecule has 1 aliphatic rings. The summed E-state index contributed by atoms with van der Waals surface area (Å²) in [7, 11) is -3.47. The molecule has 9 heteroatoms. The predicted molar refractivity (Wildman–Crippen MR) is 123 cm³/mol. The number of sulfonamides is 1. The monoisotopic (exact) mass is 540 g/mol. The minimum atomic E-state index is -3.47. The van der Waals surface area contributed by atoms with Crippen LogP contribution >= 0.6 is 34.2 Å². The Morgan fingerprint density at radius 3 is 2.07 bits per heavy atom. The molecule has 0 unspecified atom stereocenters. The Morgan fingerprint density at radius 2 is 1.48 bits per heavy atom. The summed E-state index contributed by atoms with van der Waals surface area (Å²) in [5, 5.41) is 9.32. The molecule has 6 nitrogen and oxygen atoms in total. The van der Waals surface area contributed by atoms with E-state index >= 15 is 0 Å². The molecule has 1 aromatic heterocycles. The van der Waals surface area contributed by atoms with Crippen molar-refractivity contribution < 1.29 is 8.42 Å². The summed E-state index contributed by atoms with van der Waals surface area (Å²) < 4.78 is 28.2. The predicted octanol–water partition coefficient (Wildman–Crippen LogP) is 3.91. The standard InChI is InChI=1S/C20H18ClIN4O2S/c21-16-3-1-15(2-4-16)19-9-10-20(24-23-19)25-11-13-26(14-12-25)29(27,28)18-7-5-17(22)6-8-18/h1-10H,11-14H2. The van der Waals surface area contributed by atoms with E-state index < -0.39 is 10.0 Å². The lowest BCUT2D eigenvalue weighted by molar-refractivity contribution is 0.383. The van der Waals surface area contributed by atoms with Crippen molar-refractivity contribution in [1.82, 2.24) is 14.5 Å². The first kappa shape index (κ1) is 20.5. The Labute approximate surface area is 188 Å². The number of rotatable bonds is 4. The van der Waals surface area contributed by atoms with Gasteiger partial charge in [0, 0.05) is 40.3 Å². The first-order chi connectivity index (χ1) is 13.9. The van der Waals surface area contributed by atoms with Crippen LogP contribution in [0.25, 0.3) is 11.3 Å². The van der Waals surface area contributed by atoms with Gasteiger partial charge in [0.1, 0.15) is 0 Å². The van der Waals surface area contributed by atoms with Gasteiger partial charge in [-0.15, -0.1) is 10.2 Å². The molecule has 2 heterocycles. The van der Waals surface area contributed by atoms with Gasteiger partial charge < -0.3 is 4.90 Å². The van der Waals surface area contributed by atoms with Crippen molar-refractivity contribution in [2.75, 3.05) is 31.1 Å². The lowest BCUT2D eigenvalue weighted by Crippen LogP contribution is -2.49. The Morgan fingerprint density at radius 1 is 0.828 bits per heavy atom. The molecule has 4 rings (SSSR count). The van der Waals surface area contributed by atoms with Crippen LogP contribution in [-0.4, -0.2) is 49.1 Å². The molecule has 150 valence electrons. The van der Waals surface area contributed by atoms with E-state index in [2.05, 4.69) is 37.7 Å². The smallest absolute Gasteiger partial charge is 0.243 e. The van der Waals surface area contributed by atoms with E-state index in [0.717, 1.165) is 20.6 Å². The molecule has 0 spiro atoms. The van der Waals surface area contributed by atoms with Crippen molar-refractivity contribution in [1.29, 1.82) is 0 Å². The molecule has 0 aliphatic carbocycles. The second-order valence-corrected chi connectivity index (χ2v) is 10.2. The normalized spacial score (nSPS) is 15.4. The van der Waals surface area contributed by atoms with Crippen molar-refractivity contribution in [3.8, 4) is 11.3 Å². The van der Waals surface area contributed by atoms with Crippen molar-refractivity contribution in [2.45, 2.75) is 4.90 Å². The van der Waals surface area contributed by atoms with Gasteiger partial charge in [-0.1, -0.05) is 23.7 Å². The molecule has 1 fully saturated rings. The molecule has 0 amide bonds. The Bertz CT molecular complexity index is 1080. The van der Waals surface area contributed by atoms with Crippen LogP contribution in [0.3, 0.4) is 0 Å². The highest BCUT2D eigenvalue weighted by molar-refractivity contribution is 14.1. The summed E-state index contributed by atoms with van der Waals surface area (Å²) in [5.41, 5.74) is 1.72. The summed E-state index contributed by atoms with van der Waals surface area (Å²) in [6.07, 6.45) is 0. The second kappa shape index (κ2) is 8.55. The Balaban J connectivity index is 1.43. The van der Waals surface area contributed by atoms with Gasteiger partial charge in [0.05, 0.1) is 10.6 Å². The third kappa shape index (κ3) is 4.55. The van der Waals surface area contributed by atoms with Gasteiger partial charge in [0.2, 0.25) is 10.0 Å². The number of halogens is 2. The first-order valence-corrected chi connectivity index (χ1v) is 11.9. The highest BCUT2D eigenvalue weighted by Gasteiger charge is 2.29. The highest BCUT2D eigenvalue weighted by Crippen LogP contribution is 2.23. The van der Waals surface area contributed by atoms with Crippen LogP contribution in [0.4, 0.5) is 5.82 Å². The maximum atomic E-state index is 12.8. The summed E-state index contributed by atoms with van der Waals surface area (Å²) >= 11 is 8.09. The summed E-state index contributed by atoms with van der Waals surface area (Å²) in [5.74, 6) is 0.744. The Hall–Kier alpha value is -1.75. The van der Waals surface area contributed by atoms with Crippen molar-refractivity contribution in [3.63, 3.8) is 0 Å². The number of benzene rings is 2. The number of anilines is 1. The number of piperazine rings is 1. The third-order valence-corrected chi connectivity index (χ3v) is 7.69. The van der Waals surface area contributed by atoms with E-state index in [9.17, 15) is 8.42 Å². The topological polar surface area (TPSA) is 66.4 Å². The molecule has 2 aromatic carbocycles. The molecule has 0 radical (unpaired) electrons.